The van der Waals surface area contributed by atoms with Crippen molar-refractivity contribution in [3.63, 3.8) is 0 Å². The quantitative estimate of drug-likeness (QED) is 0.742. The molecule has 0 bridgehead atoms. The molecule has 0 aliphatic heterocycles. The highest BCUT2D eigenvalue weighted by atomic mass is 16.6. The fourth-order valence-electron chi connectivity index (χ4n) is 1.47. The van der Waals surface area contributed by atoms with Gasteiger partial charge in [-0.15, -0.1) is 0 Å². The number of carbonyl (C=O) groups excluding carboxylic acids is 1. The summed E-state index contributed by atoms with van der Waals surface area (Å²) in [4.78, 5) is 11.6. The third kappa shape index (κ3) is 1.60. The molecule has 84 valence electrons. The number of hydrogen-bond acceptors (Lipinski definition) is 5. The second-order valence-electron chi connectivity index (χ2n) is 3.09. The molecular weight excluding hydrogens is 210 g/mol. The number of ether oxygens (including phenoxy) is 2. The molecule has 0 N–H and O–H groups in total. The van der Waals surface area contributed by atoms with E-state index < -0.39 is 5.97 Å². The standard InChI is InChI=1S/C11H11NO4/c1-3-15-11(13)10-9-7(12-16-10)5-4-6-8(9)14-2/h4-6H,3H2,1-2H3. The molecule has 0 amide bonds. The maximum absolute atomic E-state index is 11.6. The van der Waals surface area contributed by atoms with Crippen LogP contribution in [0.2, 0.25) is 0 Å². The Kier molecular flexibility index (Phi) is 2.76. The van der Waals surface area contributed by atoms with Gasteiger partial charge in [0.15, 0.2) is 0 Å². The van der Waals surface area contributed by atoms with Crippen LogP contribution in [-0.2, 0) is 4.74 Å². The highest BCUT2D eigenvalue weighted by Crippen LogP contribution is 2.28. The molecule has 0 atom stereocenters. The number of benzene rings is 1. The monoisotopic (exact) mass is 221 g/mol. The molecule has 16 heavy (non-hydrogen) atoms. The van der Waals surface area contributed by atoms with E-state index in [1.54, 1.807) is 25.1 Å². The average molecular weight is 221 g/mol. The van der Waals surface area contributed by atoms with E-state index in [0.717, 1.165) is 0 Å². The summed E-state index contributed by atoms with van der Waals surface area (Å²) in [5, 5.41) is 4.32. The zero-order chi connectivity index (χ0) is 11.5. The fraction of sp³-hybridized carbons (Fsp3) is 0.273. The lowest BCUT2D eigenvalue weighted by molar-refractivity contribution is 0.0482. The first kappa shape index (κ1) is 10.5. The van der Waals surface area contributed by atoms with E-state index in [0.29, 0.717) is 16.7 Å². The molecule has 1 aromatic carbocycles. The van der Waals surface area contributed by atoms with E-state index in [9.17, 15) is 4.79 Å². The Morgan fingerprint density at radius 3 is 3.00 bits per heavy atom. The first-order valence-electron chi connectivity index (χ1n) is 4.87. The highest BCUT2D eigenvalue weighted by Gasteiger charge is 2.20. The molecular formula is C11H11NO4. The second-order valence-corrected chi connectivity index (χ2v) is 3.09. The summed E-state index contributed by atoms with van der Waals surface area (Å²) >= 11 is 0. The SMILES string of the molecule is CCOC(=O)c1onc2cccc(OC)c12. The van der Waals surface area contributed by atoms with Gasteiger partial charge in [-0.2, -0.15) is 0 Å². The zero-order valence-corrected chi connectivity index (χ0v) is 9.02. The second kappa shape index (κ2) is 4.22. The molecule has 0 aliphatic carbocycles. The van der Waals surface area contributed by atoms with Crippen LogP contribution in [0.15, 0.2) is 22.7 Å². The van der Waals surface area contributed by atoms with Crippen molar-refractivity contribution >= 4 is 16.9 Å². The molecule has 5 nitrogen and oxygen atoms in total. The van der Waals surface area contributed by atoms with Crippen molar-refractivity contribution in [3.8, 4) is 5.75 Å². The Labute approximate surface area is 91.9 Å². The van der Waals surface area contributed by atoms with Crippen molar-refractivity contribution in [2.45, 2.75) is 6.92 Å². The summed E-state index contributed by atoms with van der Waals surface area (Å²) < 4.78 is 15.0. The smallest absolute Gasteiger partial charge is 0.377 e. The van der Waals surface area contributed by atoms with E-state index in [-0.39, 0.29) is 12.4 Å². The Balaban J connectivity index is 2.58. The molecule has 0 saturated carbocycles. The van der Waals surface area contributed by atoms with Gasteiger partial charge in [0.05, 0.1) is 19.1 Å². The summed E-state index contributed by atoms with van der Waals surface area (Å²) in [5.41, 5.74) is 0.572. The topological polar surface area (TPSA) is 61.6 Å². The zero-order valence-electron chi connectivity index (χ0n) is 9.02. The van der Waals surface area contributed by atoms with Crippen LogP contribution in [-0.4, -0.2) is 24.8 Å². The van der Waals surface area contributed by atoms with Gasteiger partial charge in [0.25, 0.3) is 5.76 Å². The van der Waals surface area contributed by atoms with Gasteiger partial charge in [0.2, 0.25) is 0 Å². The third-order valence-electron chi connectivity index (χ3n) is 2.15. The van der Waals surface area contributed by atoms with Crippen LogP contribution in [0, 0.1) is 0 Å². The third-order valence-corrected chi connectivity index (χ3v) is 2.15. The summed E-state index contributed by atoms with van der Waals surface area (Å²) in [6.07, 6.45) is 0. The molecule has 0 saturated heterocycles. The van der Waals surface area contributed by atoms with Crippen LogP contribution < -0.4 is 4.74 Å². The number of hydrogen-bond donors (Lipinski definition) is 0. The largest absolute Gasteiger partial charge is 0.496 e. The Morgan fingerprint density at radius 1 is 1.50 bits per heavy atom. The van der Waals surface area contributed by atoms with Gasteiger partial charge < -0.3 is 14.0 Å². The van der Waals surface area contributed by atoms with Gasteiger partial charge >= 0.3 is 5.97 Å². The van der Waals surface area contributed by atoms with Gasteiger partial charge in [0.1, 0.15) is 11.3 Å². The minimum absolute atomic E-state index is 0.0781. The molecule has 0 unspecified atom stereocenters. The van der Waals surface area contributed by atoms with E-state index in [4.69, 9.17) is 14.0 Å². The molecule has 0 spiro atoms. The van der Waals surface area contributed by atoms with Crippen LogP contribution in [0.25, 0.3) is 10.9 Å². The van der Waals surface area contributed by atoms with Gasteiger partial charge in [-0.05, 0) is 19.1 Å². The van der Waals surface area contributed by atoms with Crippen molar-refractivity contribution in [2.75, 3.05) is 13.7 Å². The first-order valence-corrected chi connectivity index (χ1v) is 4.87. The number of carbonyl (C=O) groups is 1. The van der Waals surface area contributed by atoms with E-state index in [2.05, 4.69) is 5.16 Å². The Bertz CT molecular complexity index is 518. The number of methoxy groups -OCH3 is 1. The van der Waals surface area contributed by atoms with Crippen molar-refractivity contribution in [1.82, 2.24) is 5.16 Å². The maximum Gasteiger partial charge on any atom is 0.377 e. The molecule has 0 aliphatic rings. The highest BCUT2D eigenvalue weighted by molar-refractivity contribution is 6.03. The molecule has 2 rings (SSSR count). The summed E-state index contributed by atoms with van der Waals surface area (Å²) in [6.45, 7) is 2.02. The Hall–Kier alpha value is -2.04. The van der Waals surface area contributed by atoms with Gasteiger partial charge in [-0.1, -0.05) is 11.2 Å². The van der Waals surface area contributed by atoms with Crippen molar-refractivity contribution in [2.24, 2.45) is 0 Å². The molecule has 0 radical (unpaired) electrons. The minimum atomic E-state index is -0.533. The molecule has 2 aromatic rings. The number of rotatable bonds is 3. The van der Waals surface area contributed by atoms with Gasteiger partial charge in [-0.3, -0.25) is 0 Å². The first-order chi connectivity index (χ1) is 7.77. The van der Waals surface area contributed by atoms with Crippen LogP contribution in [0.3, 0.4) is 0 Å². The predicted octanol–water partition coefficient (Wildman–Crippen LogP) is 2.01. The lowest BCUT2D eigenvalue weighted by Crippen LogP contribution is -2.03. The number of aromatic nitrogens is 1. The normalized spacial score (nSPS) is 10.4. The van der Waals surface area contributed by atoms with Crippen LogP contribution in [0.4, 0.5) is 0 Å². The molecule has 0 fully saturated rings. The predicted molar refractivity (Wildman–Crippen MR) is 56.5 cm³/mol. The number of fused-ring (bicyclic) bond motifs is 1. The van der Waals surface area contributed by atoms with Crippen molar-refractivity contribution in [3.05, 3.63) is 24.0 Å². The van der Waals surface area contributed by atoms with Gasteiger partial charge in [0, 0.05) is 0 Å². The lowest BCUT2D eigenvalue weighted by atomic mass is 10.2. The molecule has 1 heterocycles. The van der Waals surface area contributed by atoms with E-state index >= 15 is 0 Å². The molecule has 1 aromatic heterocycles. The van der Waals surface area contributed by atoms with Crippen LogP contribution >= 0.6 is 0 Å². The van der Waals surface area contributed by atoms with Gasteiger partial charge in [-0.25, -0.2) is 4.79 Å². The van der Waals surface area contributed by atoms with Crippen LogP contribution in [0.5, 0.6) is 5.75 Å². The summed E-state index contributed by atoms with van der Waals surface area (Å²) in [6, 6.07) is 5.25. The Morgan fingerprint density at radius 2 is 2.31 bits per heavy atom. The van der Waals surface area contributed by atoms with Crippen molar-refractivity contribution in [1.29, 1.82) is 0 Å². The minimum Gasteiger partial charge on any atom is -0.496 e. The van der Waals surface area contributed by atoms with Crippen molar-refractivity contribution < 1.29 is 18.8 Å². The van der Waals surface area contributed by atoms with Crippen LogP contribution in [0.1, 0.15) is 17.5 Å². The van der Waals surface area contributed by atoms with E-state index in [1.807, 2.05) is 0 Å². The fourth-order valence-corrected chi connectivity index (χ4v) is 1.47. The number of esters is 1. The van der Waals surface area contributed by atoms with E-state index in [1.165, 1.54) is 7.11 Å². The summed E-state index contributed by atoms with van der Waals surface area (Å²) in [5.74, 6) is 0.0885. The molecule has 5 heteroatoms. The number of nitrogens with zero attached hydrogens (tertiary/aromatic N) is 1. The maximum atomic E-state index is 11.6. The average Bonchev–Trinajstić information content (AvgIpc) is 2.72. The summed E-state index contributed by atoms with van der Waals surface area (Å²) in [7, 11) is 1.52. The lowest BCUT2D eigenvalue weighted by Gasteiger charge is -2.01.